The first-order valence-corrected chi connectivity index (χ1v) is 6.95. The van der Waals surface area contributed by atoms with E-state index < -0.39 is 0 Å². The van der Waals surface area contributed by atoms with Crippen molar-refractivity contribution in [3.63, 3.8) is 0 Å². The zero-order chi connectivity index (χ0) is 12.8. The van der Waals surface area contributed by atoms with E-state index in [2.05, 4.69) is 54.2 Å². The molecule has 0 amide bonds. The van der Waals surface area contributed by atoms with Gasteiger partial charge < -0.3 is 0 Å². The minimum absolute atomic E-state index is 0.398. The molecule has 16 heavy (non-hydrogen) atoms. The summed E-state index contributed by atoms with van der Waals surface area (Å²) < 4.78 is 0. The molecule has 0 rings (SSSR count). The Morgan fingerprint density at radius 3 is 2.06 bits per heavy atom. The molecule has 3 unspecified atom stereocenters. The lowest BCUT2D eigenvalue weighted by Crippen LogP contribution is -2.24. The molecule has 0 N–H and O–H groups in total. The van der Waals surface area contributed by atoms with Crippen molar-refractivity contribution in [2.45, 2.75) is 67.2 Å². The summed E-state index contributed by atoms with van der Waals surface area (Å²) in [6, 6.07) is 0. The smallest absolute Gasteiger partial charge is 0.0205 e. The lowest BCUT2D eigenvalue weighted by atomic mass is 9.72. The predicted molar refractivity (Wildman–Crippen MR) is 75.6 cm³/mol. The Hall–Kier alpha value is -0.260. The van der Waals surface area contributed by atoms with Crippen molar-refractivity contribution in [1.82, 2.24) is 0 Å². The van der Waals surface area contributed by atoms with Crippen LogP contribution >= 0.6 is 0 Å². The molecule has 0 aliphatic heterocycles. The molecule has 0 aliphatic carbocycles. The lowest BCUT2D eigenvalue weighted by Gasteiger charge is -2.33. The Bertz CT molecular complexity index is 185. The van der Waals surface area contributed by atoms with Crippen LogP contribution in [0.3, 0.4) is 0 Å². The van der Waals surface area contributed by atoms with E-state index in [0.717, 1.165) is 11.8 Å². The van der Waals surface area contributed by atoms with Gasteiger partial charge in [-0.15, -0.1) is 6.58 Å². The highest BCUT2D eigenvalue weighted by molar-refractivity contribution is 4.88. The zero-order valence-corrected chi connectivity index (χ0v) is 12.3. The Morgan fingerprint density at radius 2 is 1.69 bits per heavy atom. The molecule has 0 aromatic heterocycles. The highest BCUT2D eigenvalue weighted by Gasteiger charge is 2.25. The molecular formula is C16H32. The third kappa shape index (κ3) is 5.72. The summed E-state index contributed by atoms with van der Waals surface area (Å²) in [6.07, 6.45) is 7.52. The SMILES string of the molecule is C=CC(CCCC(C)CC)C(C)C(C)(C)C. The van der Waals surface area contributed by atoms with Gasteiger partial charge in [0, 0.05) is 0 Å². The monoisotopic (exact) mass is 224 g/mol. The Balaban J connectivity index is 4.06. The van der Waals surface area contributed by atoms with Crippen LogP contribution in [0, 0.1) is 23.2 Å². The summed E-state index contributed by atoms with van der Waals surface area (Å²) in [7, 11) is 0. The first-order chi connectivity index (χ1) is 7.32. The second kappa shape index (κ2) is 7.14. The van der Waals surface area contributed by atoms with E-state index in [1.807, 2.05) is 0 Å². The highest BCUT2D eigenvalue weighted by Crippen LogP contribution is 2.35. The van der Waals surface area contributed by atoms with E-state index in [-0.39, 0.29) is 0 Å². The first-order valence-electron chi connectivity index (χ1n) is 6.95. The summed E-state index contributed by atoms with van der Waals surface area (Å²) in [5.41, 5.74) is 0.398. The molecule has 0 bridgehead atoms. The standard InChI is InChI=1S/C16H32/c1-8-13(3)11-10-12-15(9-2)14(4)16(5,6)7/h9,13-15H,2,8,10-12H2,1,3-7H3. The van der Waals surface area contributed by atoms with Gasteiger partial charge in [-0.25, -0.2) is 0 Å². The van der Waals surface area contributed by atoms with E-state index in [0.29, 0.717) is 11.3 Å². The van der Waals surface area contributed by atoms with Gasteiger partial charge in [-0.2, -0.15) is 0 Å². The third-order valence-corrected chi connectivity index (χ3v) is 4.24. The molecule has 96 valence electrons. The fourth-order valence-electron chi connectivity index (χ4n) is 2.12. The van der Waals surface area contributed by atoms with Gasteiger partial charge in [-0.3, -0.25) is 0 Å². The normalized spacial score (nSPS) is 17.9. The van der Waals surface area contributed by atoms with Crippen LogP contribution in [0.5, 0.6) is 0 Å². The summed E-state index contributed by atoms with van der Waals surface area (Å²) in [5.74, 6) is 2.29. The average molecular weight is 224 g/mol. The molecule has 0 heteroatoms. The maximum Gasteiger partial charge on any atom is -0.0205 e. The molecular weight excluding hydrogens is 192 g/mol. The summed E-state index contributed by atoms with van der Waals surface area (Å²) in [6.45, 7) is 18.0. The van der Waals surface area contributed by atoms with Crippen molar-refractivity contribution in [2.24, 2.45) is 23.2 Å². The molecule has 0 nitrogen and oxygen atoms in total. The van der Waals surface area contributed by atoms with Crippen LogP contribution in [0.1, 0.15) is 67.2 Å². The summed E-state index contributed by atoms with van der Waals surface area (Å²) in [4.78, 5) is 0. The van der Waals surface area contributed by atoms with E-state index in [1.54, 1.807) is 0 Å². The molecule has 0 fully saturated rings. The number of hydrogen-bond donors (Lipinski definition) is 0. The number of hydrogen-bond acceptors (Lipinski definition) is 0. The van der Waals surface area contributed by atoms with Crippen LogP contribution in [0.25, 0.3) is 0 Å². The minimum atomic E-state index is 0.398. The molecule has 3 atom stereocenters. The van der Waals surface area contributed by atoms with Gasteiger partial charge >= 0.3 is 0 Å². The lowest BCUT2D eigenvalue weighted by molar-refractivity contribution is 0.194. The Morgan fingerprint density at radius 1 is 1.12 bits per heavy atom. The van der Waals surface area contributed by atoms with Gasteiger partial charge in [-0.1, -0.05) is 66.9 Å². The van der Waals surface area contributed by atoms with Crippen molar-refractivity contribution >= 4 is 0 Å². The highest BCUT2D eigenvalue weighted by atomic mass is 14.3. The maximum atomic E-state index is 4.01. The average Bonchev–Trinajstić information content (AvgIpc) is 2.21. The van der Waals surface area contributed by atoms with Gasteiger partial charge in [0.1, 0.15) is 0 Å². The van der Waals surface area contributed by atoms with E-state index in [1.165, 1.54) is 25.7 Å². The molecule has 0 aromatic rings. The van der Waals surface area contributed by atoms with E-state index >= 15 is 0 Å². The van der Waals surface area contributed by atoms with Gasteiger partial charge in [0.2, 0.25) is 0 Å². The molecule has 0 radical (unpaired) electrons. The largest absolute Gasteiger partial charge is 0.103 e. The molecule has 0 heterocycles. The molecule has 0 saturated carbocycles. The second-order valence-corrected chi connectivity index (χ2v) is 6.50. The topological polar surface area (TPSA) is 0 Å². The fourth-order valence-corrected chi connectivity index (χ4v) is 2.12. The molecule has 0 aliphatic rings. The fraction of sp³-hybridized carbons (Fsp3) is 0.875. The van der Waals surface area contributed by atoms with Crippen molar-refractivity contribution in [3.8, 4) is 0 Å². The van der Waals surface area contributed by atoms with Crippen molar-refractivity contribution in [1.29, 1.82) is 0 Å². The molecule has 0 spiro atoms. The van der Waals surface area contributed by atoms with Gasteiger partial charge in [0.25, 0.3) is 0 Å². The maximum absolute atomic E-state index is 4.01. The van der Waals surface area contributed by atoms with Crippen LogP contribution < -0.4 is 0 Å². The van der Waals surface area contributed by atoms with Crippen molar-refractivity contribution in [2.75, 3.05) is 0 Å². The van der Waals surface area contributed by atoms with Gasteiger partial charge in [-0.05, 0) is 29.6 Å². The zero-order valence-electron chi connectivity index (χ0n) is 12.3. The quantitative estimate of drug-likeness (QED) is 0.487. The third-order valence-electron chi connectivity index (χ3n) is 4.24. The molecule has 0 aromatic carbocycles. The van der Waals surface area contributed by atoms with Crippen LogP contribution in [0.4, 0.5) is 0 Å². The van der Waals surface area contributed by atoms with Crippen LogP contribution in [0.2, 0.25) is 0 Å². The van der Waals surface area contributed by atoms with E-state index in [4.69, 9.17) is 0 Å². The van der Waals surface area contributed by atoms with Crippen LogP contribution in [0.15, 0.2) is 12.7 Å². The van der Waals surface area contributed by atoms with Crippen LogP contribution in [-0.4, -0.2) is 0 Å². The van der Waals surface area contributed by atoms with Crippen LogP contribution in [-0.2, 0) is 0 Å². The summed E-state index contributed by atoms with van der Waals surface area (Å²) in [5, 5.41) is 0. The Labute approximate surface area is 104 Å². The summed E-state index contributed by atoms with van der Waals surface area (Å²) >= 11 is 0. The molecule has 0 saturated heterocycles. The van der Waals surface area contributed by atoms with E-state index in [9.17, 15) is 0 Å². The number of allylic oxidation sites excluding steroid dienone is 1. The van der Waals surface area contributed by atoms with Gasteiger partial charge in [0.15, 0.2) is 0 Å². The van der Waals surface area contributed by atoms with Gasteiger partial charge in [0.05, 0.1) is 0 Å². The minimum Gasteiger partial charge on any atom is -0.103 e. The van der Waals surface area contributed by atoms with Crippen molar-refractivity contribution in [3.05, 3.63) is 12.7 Å². The Kier molecular flexibility index (Phi) is 7.03. The predicted octanol–water partition coefficient (Wildman–Crippen LogP) is 5.69. The number of rotatable bonds is 7. The first kappa shape index (κ1) is 15.7. The van der Waals surface area contributed by atoms with Crippen molar-refractivity contribution < 1.29 is 0 Å². The second-order valence-electron chi connectivity index (χ2n) is 6.50.